The number of para-hydroxylation sites is 1. The van der Waals surface area contributed by atoms with E-state index in [0.29, 0.717) is 31.5 Å². The lowest BCUT2D eigenvalue weighted by Crippen LogP contribution is -2.62. The first kappa shape index (κ1) is 18.4. The second kappa shape index (κ2) is 6.74. The highest BCUT2D eigenvalue weighted by molar-refractivity contribution is 5.72. The fourth-order valence-electron chi connectivity index (χ4n) is 6.57. The topological polar surface area (TPSA) is 54.0 Å². The van der Waals surface area contributed by atoms with Crippen molar-refractivity contribution in [2.24, 2.45) is 22.7 Å². The maximum atomic E-state index is 11.9. The van der Waals surface area contributed by atoms with Crippen LogP contribution in [0.1, 0.15) is 46.0 Å². The van der Waals surface area contributed by atoms with E-state index in [0.717, 1.165) is 31.4 Å². The number of benzene rings is 1. The second-order valence-electron chi connectivity index (χ2n) is 9.51. The summed E-state index contributed by atoms with van der Waals surface area (Å²) >= 11 is 0. The van der Waals surface area contributed by atoms with Gasteiger partial charge < -0.3 is 18.9 Å². The Kier molecular flexibility index (Phi) is 4.44. The molecule has 0 amide bonds. The number of esters is 1. The van der Waals surface area contributed by atoms with Crippen molar-refractivity contribution in [2.75, 3.05) is 13.2 Å². The Bertz CT molecular complexity index is 736. The zero-order chi connectivity index (χ0) is 19.4. The van der Waals surface area contributed by atoms with E-state index in [9.17, 15) is 4.79 Å². The quantitative estimate of drug-likeness (QED) is 0.736. The van der Waals surface area contributed by atoms with Crippen molar-refractivity contribution in [2.45, 2.75) is 64.4 Å². The molecule has 4 aliphatic rings. The van der Waals surface area contributed by atoms with Gasteiger partial charge in [0.25, 0.3) is 0 Å². The van der Waals surface area contributed by atoms with Gasteiger partial charge >= 0.3 is 5.97 Å². The molecule has 0 radical (unpaired) electrons. The van der Waals surface area contributed by atoms with E-state index in [-0.39, 0.29) is 35.3 Å². The number of ether oxygens (including phenoxy) is 4. The van der Waals surface area contributed by atoms with Crippen LogP contribution in [0, 0.1) is 22.7 Å². The zero-order valence-electron chi connectivity index (χ0n) is 16.8. The molecule has 2 saturated heterocycles. The smallest absolute Gasteiger partial charge is 0.306 e. The Labute approximate surface area is 166 Å². The normalized spacial score (nSPS) is 44.8. The van der Waals surface area contributed by atoms with Gasteiger partial charge in [-0.15, -0.1) is 0 Å². The first-order valence-corrected chi connectivity index (χ1v) is 10.6. The van der Waals surface area contributed by atoms with E-state index in [2.05, 4.69) is 13.8 Å². The Hall–Kier alpha value is -1.59. The summed E-state index contributed by atoms with van der Waals surface area (Å²) in [7, 11) is 0. The lowest BCUT2D eigenvalue weighted by atomic mass is 9.46. The molecule has 5 rings (SSSR count). The van der Waals surface area contributed by atoms with Crippen molar-refractivity contribution in [3.63, 3.8) is 0 Å². The van der Waals surface area contributed by atoms with Crippen LogP contribution in [0.15, 0.2) is 30.3 Å². The number of carbonyl (C=O) groups is 1. The van der Waals surface area contributed by atoms with Gasteiger partial charge in [-0.1, -0.05) is 32.0 Å². The van der Waals surface area contributed by atoms with Crippen LogP contribution >= 0.6 is 0 Å². The molecule has 2 heterocycles. The van der Waals surface area contributed by atoms with Gasteiger partial charge in [-0.05, 0) is 49.1 Å². The minimum absolute atomic E-state index is 0.0154. The summed E-state index contributed by atoms with van der Waals surface area (Å²) in [4.78, 5) is 11.9. The van der Waals surface area contributed by atoms with Gasteiger partial charge in [0.05, 0.1) is 19.1 Å². The Balaban J connectivity index is 1.28. The van der Waals surface area contributed by atoms with E-state index in [1.807, 2.05) is 30.3 Å². The summed E-state index contributed by atoms with van der Waals surface area (Å²) in [5.74, 6) is 1.66. The highest BCUT2D eigenvalue weighted by atomic mass is 16.7. The standard InChI is InChI=1S/C23H30O5/c1-22-11-10-19-23(2,18(22)9-8-17-16(22)12-20(24)27-17)14-26-21(28-19)13-25-15-6-4-3-5-7-15/h3-7,16-19,21H,8-14H2,1-2H3/t16-,17-,18?,19-,21-,22+,23-/m1/s1. The largest absolute Gasteiger partial charge is 0.488 e. The highest BCUT2D eigenvalue weighted by Gasteiger charge is 2.63. The minimum Gasteiger partial charge on any atom is -0.488 e. The van der Waals surface area contributed by atoms with E-state index >= 15 is 0 Å². The van der Waals surface area contributed by atoms with E-state index in [4.69, 9.17) is 18.9 Å². The first-order valence-electron chi connectivity index (χ1n) is 10.6. The molecule has 1 unspecified atom stereocenters. The molecule has 2 saturated carbocycles. The predicted molar refractivity (Wildman–Crippen MR) is 103 cm³/mol. The number of hydrogen-bond acceptors (Lipinski definition) is 5. The van der Waals surface area contributed by atoms with Crippen LogP contribution in [-0.2, 0) is 19.0 Å². The SMILES string of the molecule is C[C@@]12CC[C@H]3O[C@H](COc4ccccc4)OC[C@]3(C)C1CC[C@H]1OC(=O)C[C@H]12. The molecule has 2 aliphatic heterocycles. The Morgan fingerprint density at radius 3 is 2.75 bits per heavy atom. The third-order valence-electron chi connectivity index (χ3n) is 8.00. The summed E-state index contributed by atoms with van der Waals surface area (Å²) in [6.07, 6.45) is 4.69. The second-order valence-corrected chi connectivity index (χ2v) is 9.51. The van der Waals surface area contributed by atoms with Crippen molar-refractivity contribution in [1.29, 1.82) is 0 Å². The van der Waals surface area contributed by atoms with Crippen molar-refractivity contribution >= 4 is 5.97 Å². The van der Waals surface area contributed by atoms with Crippen molar-refractivity contribution in [1.82, 2.24) is 0 Å². The summed E-state index contributed by atoms with van der Waals surface area (Å²) in [5.41, 5.74) is 0.104. The molecular weight excluding hydrogens is 356 g/mol. The van der Waals surface area contributed by atoms with Crippen LogP contribution in [0.4, 0.5) is 0 Å². The molecule has 0 aromatic heterocycles. The summed E-state index contributed by atoms with van der Waals surface area (Å²) in [6, 6.07) is 9.79. The lowest BCUT2D eigenvalue weighted by Gasteiger charge is -2.62. The molecule has 2 aliphatic carbocycles. The number of carbonyl (C=O) groups excluding carboxylic acids is 1. The number of hydrogen-bond donors (Lipinski definition) is 0. The van der Waals surface area contributed by atoms with Gasteiger partial charge in [0.1, 0.15) is 18.5 Å². The third-order valence-corrected chi connectivity index (χ3v) is 8.00. The van der Waals surface area contributed by atoms with Gasteiger partial charge in [-0.2, -0.15) is 0 Å². The van der Waals surface area contributed by atoms with Gasteiger partial charge in [0.2, 0.25) is 0 Å². The highest BCUT2D eigenvalue weighted by Crippen LogP contribution is 2.63. The van der Waals surface area contributed by atoms with Crippen molar-refractivity contribution in [3.05, 3.63) is 30.3 Å². The monoisotopic (exact) mass is 386 g/mol. The molecule has 5 heteroatoms. The fourth-order valence-corrected chi connectivity index (χ4v) is 6.57. The molecule has 0 bridgehead atoms. The van der Waals surface area contributed by atoms with E-state index < -0.39 is 0 Å². The first-order chi connectivity index (χ1) is 13.5. The average Bonchev–Trinajstić information content (AvgIpc) is 3.09. The van der Waals surface area contributed by atoms with E-state index in [1.165, 1.54) is 0 Å². The number of rotatable bonds is 3. The molecule has 28 heavy (non-hydrogen) atoms. The number of fused-ring (bicyclic) bond motifs is 5. The molecule has 0 spiro atoms. The summed E-state index contributed by atoms with van der Waals surface area (Å²) < 4.78 is 24.0. The average molecular weight is 386 g/mol. The van der Waals surface area contributed by atoms with E-state index in [1.54, 1.807) is 0 Å². The zero-order valence-corrected chi connectivity index (χ0v) is 16.8. The van der Waals surface area contributed by atoms with Crippen LogP contribution in [0.3, 0.4) is 0 Å². The van der Waals surface area contributed by atoms with Crippen LogP contribution in [0.2, 0.25) is 0 Å². The maximum absolute atomic E-state index is 11.9. The molecule has 1 aromatic rings. The van der Waals surface area contributed by atoms with Crippen LogP contribution in [0.25, 0.3) is 0 Å². The van der Waals surface area contributed by atoms with Gasteiger partial charge in [-0.3, -0.25) is 4.79 Å². The van der Waals surface area contributed by atoms with Crippen molar-refractivity contribution < 1.29 is 23.7 Å². The molecule has 152 valence electrons. The molecule has 0 N–H and O–H groups in total. The van der Waals surface area contributed by atoms with Crippen LogP contribution < -0.4 is 4.74 Å². The lowest BCUT2D eigenvalue weighted by molar-refractivity contribution is -0.311. The summed E-state index contributed by atoms with van der Waals surface area (Å²) in [6.45, 7) is 5.80. The van der Waals surface area contributed by atoms with Gasteiger partial charge in [-0.25, -0.2) is 0 Å². The minimum atomic E-state index is -0.324. The van der Waals surface area contributed by atoms with Gasteiger partial charge in [0.15, 0.2) is 6.29 Å². The Morgan fingerprint density at radius 2 is 1.93 bits per heavy atom. The molecule has 5 nitrogen and oxygen atoms in total. The predicted octanol–water partition coefficient (Wildman–Crippen LogP) is 3.96. The molecule has 1 aromatic carbocycles. The molecular formula is C23H30O5. The molecule has 7 atom stereocenters. The Morgan fingerprint density at radius 1 is 1.11 bits per heavy atom. The van der Waals surface area contributed by atoms with Crippen LogP contribution in [0.5, 0.6) is 5.75 Å². The summed E-state index contributed by atoms with van der Waals surface area (Å²) in [5, 5.41) is 0. The third kappa shape index (κ3) is 2.86. The fraction of sp³-hybridized carbons (Fsp3) is 0.696. The van der Waals surface area contributed by atoms with Crippen molar-refractivity contribution in [3.8, 4) is 5.75 Å². The maximum Gasteiger partial charge on any atom is 0.306 e. The molecule has 4 fully saturated rings. The van der Waals surface area contributed by atoms with Crippen LogP contribution in [-0.4, -0.2) is 37.7 Å². The van der Waals surface area contributed by atoms with Gasteiger partial charge in [0, 0.05) is 11.3 Å².